The van der Waals surface area contributed by atoms with Gasteiger partial charge in [-0.2, -0.15) is 0 Å². The first-order valence-corrected chi connectivity index (χ1v) is 5.64. The number of hydrogen-bond acceptors (Lipinski definition) is 1. The summed E-state index contributed by atoms with van der Waals surface area (Å²) in [6, 6.07) is 10.5. The van der Waals surface area contributed by atoms with Gasteiger partial charge in [0.1, 0.15) is 0 Å². The molecule has 0 radical (unpaired) electrons. The van der Waals surface area contributed by atoms with Crippen molar-refractivity contribution in [2.24, 2.45) is 0 Å². The van der Waals surface area contributed by atoms with Gasteiger partial charge in [0.15, 0.2) is 0 Å². The SMILES string of the molecule is [2H]C([2H])([2H])C([2H])(c1ccc(Nc2ccc(C([2H])(C([2H])([2H])[2H])C([2H])([2H])[2H])cc2)cc1)C([2H])([2H])[2H]. The number of nitrogens with one attached hydrogen (secondary N) is 1. The summed E-state index contributed by atoms with van der Waals surface area (Å²) in [7, 11) is 0. The maximum Gasteiger partial charge on any atom is 0.0384 e. The van der Waals surface area contributed by atoms with E-state index < -0.39 is 39.2 Å². The molecule has 0 unspecified atom stereocenters. The van der Waals surface area contributed by atoms with E-state index in [1.165, 1.54) is 48.5 Å². The number of benzene rings is 2. The minimum Gasteiger partial charge on any atom is -0.356 e. The van der Waals surface area contributed by atoms with Crippen molar-refractivity contribution in [1.29, 1.82) is 0 Å². The molecule has 0 atom stereocenters. The van der Waals surface area contributed by atoms with Crippen LogP contribution < -0.4 is 5.32 Å². The first-order valence-electron chi connectivity index (χ1n) is 12.6. The molecule has 0 bridgehead atoms. The van der Waals surface area contributed by atoms with Gasteiger partial charge in [0.25, 0.3) is 0 Å². The highest BCUT2D eigenvalue weighted by Crippen LogP contribution is 2.22. The molecule has 0 aliphatic heterocycles. The molecule has 0 saturated carbocycles. The normalized spacial score (nSPS) is 25.7. The van der Waals surface area contributed by atoms with Crippen molar-refractivity contribution in [2.75, 3.05) is 5.32 Å². The lowest BCUT2D eigenvalue weighted by Gasteiger charge is -2.11. The fourth-order valence-electron chi connectivity index (χ4n) is 1.61. The Hall–Kier alpha value is -1.76. The van der Waals surface area contributed by atoms with Gasteiger partial charge >= 0.3 is 0 Å². The Morgan fingerprint density at radius 1 is 0.737 bits per heavy atom. The molecule has 19 heavy (non-hydrogen) atoms. The van der Waals surface area contributed by atoms with E-state index in [-0.39, 0.29) is 11.1 Å². The molecule has 2 rings (SSSR count). The largest absolute Gasteiger partial charge is 0.356 e. The molecule has 0 heterocycles. The zero-order chi connectivity index (χ0) is 25.7. The summed E-state index contributed by atoms with van der Waals surface area (Å²) in [4.78, 5) is 0. The van der Waals surface area contributed by atoms with Crippen molar-refractivity contribution in [3.63, 3.8) is 0 Å². The van der Waals surface area contributed by atoms with Crippen LogP contribution in [0.15, 0.2) is 48.5 Å². The van der Waals surface area contributed by atoms with Crippen LogP contribution in [-0.2, 0) is 0 Å². The Balaban J connectivity index is 2.34. The molecule has 2 aromatic carbocycles. The predicted octanol–water partition coefficient (Wildman–Crippen LogP) is 5.68. The van der Waals surface area contributed by atoms with E-state index in [9.17, 15) is 0 Å². The fourth-order valence-corrected chi connectivity index (χ4v) is 1.61. The van der Waals surface area contributed by atoms with Gasteiger partial charge in [0.05, 0.1) is 0 Å². The quantitative estimate of drug-likeness (QED) is 0.751. The van der Waals surface area contributed by atoms with Gasteiger partial charge in [-0.05, 0) is 47.2 Å². The van der Waals surface area contributed by atoms with E-state index in [0.717, 1.165) is 0 Å². The van der Waals surface area contributed by atoms with Crippen LogP contribution in [-0.4, -0.2) is 0 Å². The van der Waals surface area contributed by atoms with Crippen LogP contribution in [0, 0.1) is 0 Å². The molecule has 1 N–H and O–H groups in total. The average molecular weight is 267 g/mol. The highest BCUT2D eigenvalue weighted by atomic mass is 14.9. The van der Waals surface area contributed by atoms with Crippen molar-refractivity contribution in [1.82, 2.24) is 0 Å². The molecule has 0 aliphatic rings. The van der Waals surface area contributed by atoms with E-state index in [0.29, 0.717) is 11.4 Å². The van der Waals surface area contributed by atoms with Crippen molar-refractivity contribution in [3.05, 3.63) is 59.7 Å². The van der Waals surface area contributed by atoms with E-state index in [4.69, 9.17) is 19.2 Å². The van der Waals surface area contributed by atoms with Gasteiger partial charge in [-0.15, -0.1) is 0 Å². The first-order chi connectivity index (χ1) is 14.7. The van der Waals surface area contributed by atoms with E-state index >= 15 is 0 Å². The smallest absolute Gasteiger partial charge is 0.0384 e. The molecule has 2 aromatic rings. The van der Waals surface area contributed by atoms with E-state index in [2.05, 4.69) is 5.32 Å². The summed E-state index contributed by atoms with van der Waals surface area (Å²) in [5, 5.41) is 2.93. The van der Waals surface area contributed by atoms with Gasteiger partial charge < -0.3 is 5.32 Å². The fraction of sp³-hybridized carbons (Fsp3) is 0.333. The van der Waals surface area contributed by atoms with Crippen LogP contribution in [0.5, 0.6) is 0 Å². The molecule has 0 amide bonds. The van der Waals surface area contributed by atoms with Crippen LogP contribution in [0.2, 0.25) is 0 Å². The van der Waals surface area contributed by atoms with Crippen molar-refractivity contribution >= 4 is 11.4 Å². The van der Waals surface area contributed by atoms with Crippen LogP contribution in [0.1, 0.15) is 69.5 Å². The van der Waals surface area contributed by atoms with Crippen molar-refractivity contribution < 1.29 is 19.2 Å². The molecule has 0 aromatic heterocycles. The van der Waals surface area contributed by atoms with Gasteiger partial charge in [-0.25, -0.2) is 0 Å². The second kappa shape index (κ2) is 5.92. The van der Waals surface area contributed by atoms with E-state index in [1.807, 2.05) is 0 Å². The lowest BCUT2D eigenvalue weighted by molar-refractivity contribution is 0.866. The molecular formula is C18H23N. The standard InChI is InChI=1S/C18H23N/c1-13(2)15-5-9-17(10-6-15)19-18-11-7-16(8-12-18)14(3)4/h5-14,19H,1-4H3/i1D3,2D3,3D3,4D3,13D,14D. The summed E-state index contributed by atoms with van der Waals surface area (Å²) in [5.41, 5.74) is 0.401. The summed E-state index contributed by atoms with van der Waals surface area (Å²) in [6.07, 6.45) is 0. The topological polar surface area (TPSA) is 12.0 Å². The van der Waals surface area contributed by atoms with Crippen LogP contribution >= 0.6 is 0 Å². The maximum atomic E-state index is 8.18. The molecule has 0 saturated heterocycles. The number of anilines is 2. The molecule has 1 nitrogen and oxygen atoms in total. The summed E-state index contributed by atoms with van der Waals surface area (Å²) in [5.74, 6) is -5.63. The van der Waals surface area contributed by atoms with Gasteiger partial charge in [0, 0.05) is 30.6 Å². The molecule has 0 aliphatic carbocycles. The monoisotopic (exact) mass is 267 g/mol. The zero-order valence-electron chi connectivity index (χ0n) is 24.1. The van der Waals surface area contributed by atoms with Gasteiger partial charge in [-0.1, -0.05) is 51.7 Å². The van der Waals surface area contributed by atoms with Gasteiger partial charge in [0.2, 0.25) is 0 Å². The second-order valence-corrected chi connectivity index (χ2v) is 4.03. The lowest BCUT2D eigenvalue weighted by Crippen LogP contribution is -1.93. The zero-order valence-corrected chi connectivity index (χ0v) is 10.1. The number of rotatable bonds is 4. The summed E-state index contributed by atoms with van der Waals surface area (Å²) >= 11 is 0. The minimum atomic E-state index is -3.10. The molecule has 1 heteroatoms. The van der Waals surface area contributed by atoms with E-state index in [1.54, 1.807) is 0 Å². The number of hydrogen-bond donors (Lipinski definition) is 1. The molecule has 100 valence electrons. The average Bonchev–Trinajstić information content (AvgIpc) is 2.64. The molecule has 0 spiro atoms. The van der Waals surface area contributed by atoms with Crippen LogP contribution in [0.25, 0.3) is 0 Å². The minimum absolute atomic E-state index is 0.210. The molecule has 0 fully saturated rings. The Bertz CT molecular complexity index is 841. The third-order valence-corrected chi connectivity index (χ3v) is 2.64. The van der Waals surface area contributed by atoms with Crippen molar-refractivity contribution in [2.45, 2.75) is 39.2 Å². The maximum absolute atomic E-state index is 8.18. The Morgan fingerprint density at radius 2 is 1.11 bits per heavy atom. The third-order valence-electron chi connectivity index (χ3n) is 2.64. The van der Waals surface area contributed by atoms with Gasteiger partial charge in [-0.3, -0.25) is 0 Å². The summed E-state index contributed by atoms with van der Waals surface area (Å²) in [6.45, 7) is -12.4. The Labute approximate surface area is 136 Å². The predicted molar refractivity (Wildman–Crippen MR) is 84.3 cm³/mol. The Morgan fingerprint density at radius 3 is 1.42 bits per heavy atom. The summed E-state index contributed by atoms with van der Waals surface area (Å²) < 4.78 is 107. The lowest BCUT2D eigenvalue weighted by atomic mass is 10.0. The third kappa shape index (κ3) is 3.60. The van der Waals surface area contributed by atoms with Crippen molar-refractivity contribution in [3.8, 4) is 0 Å². The molecular weight excluding hydrogens is 230 g/mol. The first kappa shape index (κ1) is 4.37. The van der Waals surface area contributed by atoms with Crippen LogP contribution in [0.4, 0.5) is 11.4 Å². The second-order valence-electron chi connectivity index (χ2n) is 4.03. The highest BCUT2D eigenvalue weighted by Gasteiger charge is 2.01. The Kier molecular flexibility index (Phi) is 1.36. The van der Waals surface area contributed by atoms with Crippen LogP contribution in [0.3, 0.4) is 0 Å². The highest BCUT2D eigenvalue weighted by molar-refractivity contribution is 5.60.